The summed E-state index contributed by atoms with van der Waals surface area (Å²) in [4.78, 5) is 20.8. The third-order valence-electron chi connectivity index (χ3n) is 4.25. The number of anilines is 1. The number of hydrogen-bond donors (Lipinski definition) is 2. The zero-order chi connectivity index (χ0) is 19.3. The van der Waals surface area contributed by atoms with Crippen LogP contribution in [0.5, 0.6) is 11.5 Å². The third kappa shape index (κ3) is 3.98. The van der Waals surface area contributed by atoms with Crippen molar-refractivity contribution in [2.45, 2.75) is 19.8 Å². The van der Waals surface area contributed by atoms with E-state index < -0.39 is 0 Å². The summed E-state index contributed by atoms with van der Waals surface area (Å²) in [7, 11) is 0. The summed E-state index contributed by atoms with van der Waals surface area (Å²) in [6.45, 7) is 2.02. The van der Waals surface area contributed by atoms with Gasteiger partial charge in [0.2, 0.25) is 5.91 Å². The quantitative estimate of drug-likeness (QED) is 0.535. The molecule has 0 aliphatic carbocycles. The van der Waals surface area contributed by atoms with Gasteiger partial charge in [-0.25, -0.2) is 0 Å². The number of amides is 1. The molecule has 140 valence electrons. The van der Waals surface area contributed by atoms with Gasteiger partial charge in [0.05, 0.1) is 11.9 Å². The second-order valence-electron chi connectivity index (χ2n) is 6.28. The van der Waals surface area contributed by atoms with Crippen LogP contribution in [-0.4, -0.2) is 26.1 Å². The van der Waals surface area contributed by atoms with E-state index >= 15 is 0 Å². The molecule has 0 unspecified atom stereocenters. The van der Waals surface area contributed by atoms with E-state index in [1.54, 1.807) is 18.5 Å². The van der Waals surface area contributed by atoms with Gasteiger partial charge in [-0.15, -0.1) is 0 Å². The van der Waals surface area contributed by atoms with Gasteiger partial charge in [-0.2, -0.15) is 5.10 Å². The molecular weight excluding hydrogens is 354 g/mol. The molecule has 0 aliphatic heterocycles. The number of carbonyl (C=O) groups excluding carboxylic acids is 1. The standard InChI is InChI=1S/C21H19N5O2/c1-2-15-13-19(26-25-15)24-20(27)12-14-5-7-16(8-6-14)28-18-9-11-22-17-4-3-10-23-21(17)18/h3-11,13H,2,12H2,1H3,(H2,24,25,26,27). The number of aryl methyl sites for hydroxylation is 1. The van der Waals surface area contributed by atoms with Crippen LogP contribution >= 0.6 is 0 Å². The zero-order valence-corrected chi connectivity index (χ0v) is 15.3. The highest BCUT2D eigenvalue weighted by atomic mass is 16.5. The van der Waals surface area contributed by atoms with E-state index in [9.17, 15) is 4.79 Å². The number of benzene rings is 1. The average molecular weight is 373 g/mol. The number of aromatic amines is 1. The van der Waals surface area contributed by atoms with Gasteiger partial charge in [0, 0.05) is 30.2 Å². The number of fused-ring (bicyclic) bond motifs is 1. The smallest absolute Gasteiger partial charge is 0.229 e. The molecule has 0 bridgehead atoms. The summed E-state index contributed by atoms with van der Waals surface area (Å²) < 4.78 is 5.95. The Morgan fingerprint density at radius 3 is 2.75 bits per heavy atom. The number of aromatic nitrogens is 4. The molecular formula is C21H19N5O2. The van der Waals surface area contributed by atoms with Crippen molar-refractivity contribution in [3.63, 3.8) is 0 Å². The van der Waals surface area contributed by atoms with Crippen LogP contribution in [0.15, 0.2) is 60.9 Å². The minimum absolute atomic E-state index is 0.118. The van der Waals surface area contributed by atoms with Crippen molar-refractivity contribution < 1.29 is 9.53 Å². The first kappa shape index (κ1) is 17.7. The fraction of sp³-hybridized carbons (Fsp3) is 0.143. The third-order valence-corrected chi connectivity index (χ3v) is 4.25. The summed E-state index contributed by atoms with van der Waals surface area (Å²) in [6, 6.07) is 14.8. The van der Waals surface area contributed by atoms with Crippen LogP contribution in [0.25, 0.3) is 11.0 Å². The largest absolute Gasteiger partial charge is 0.455 e. The predicted molar refractivity (Wildman–Crippen MR) is 106 cm³/mol. The van der Waals surface area contributed by atoms with E-state index in [0.29, 0.717) is 22.8 Å². The van der Waals surface area contributed by atoms with E-state index in [1.165, 1.54) is 0 Å². The number of hydrogen-bond acceptors (Lipinski definition) is 5. The van der Waals surface area contributed by atoms with Crippen LogP contribution in [0, 0.1) is 0 Å². The summed E-state index contributed by atoms with van der Waals surface area (Å²) in [5, 5.41) is 9.74. The van der Waals surface area contributed by atoms with Gasteiger partial charge < -0.3 is 10.1 Å². The summed E-state index contributed by atoms with van der Waals surface area (Å²) in [5.74, 6) is 1.73. The molecule has 28 heavy (non-hydrogen) atoms. The second-order valence-corrected chi connectivity index (χ2v) is 6.28. The first-order valence-corrected chi connectivity index (χ1v) is 9.02. The van der Waals surface area contributed by atoms with Crippen LogP contribution < -0.4 is 10.1 Å². The van der Waals surface area contributed by atoms with Gasteiger partial charge in [-0.1, -0.05) is 19.1 Å². The molecule has 0 fully saturated rings. The molecule has 1 amide bonds. The van der Waals surface area contributed by atoms with Gasteiger partial charge in [0.25, 0.3) is 0 Å². The molecule has 7 nitrogen and oxygen atoms in total. The van der Waals surface area contributed by atoms with E-state index in [-0.39, 0.29) is 12.3 Å². The maximum Gasteiger partial charge on any atom is 0.229 e. The Kier molecular flexibility index (Phi) is 4.97. The van der Waals surface area contributed by atoms with E-state index in [4.69, 9.17) is 4.74 Å². The fourth-order valence-corrected chi connectivity index (χ4v) is 2.82. The van der Waals surface area contributed by atoms with Crippen LogP contribution in [-0.2, 0) is 17.6 Å². The first-order chi connectivity index (χ1) is 13.7. The molecule has 0 saturated carbocycles. The summed E-state index contributed by atoms with van der Waals surface area (Å²) >= 11 is 0. The van der Waals surface area contributed by atoms with Crippen molar-refractivity contribution >= 4 is 22.8 Å². The minimum Gasteiger partial charge on any atom is -0.455 e. The molecule has 2 N–H and O–H groups in total. The number of H-pyrrole nitrogens is 1. The lowest BCUT2D eigenvalue weighted by Gasteiger charge is -2.08. The molecule has 4 rings (SSSR count). The highest BCUT2D eigenvalue weighted by Crippen LogP contribution is 2.27. The monoisotopic (exact) mass is 373 g/mol. The molecule has 4 aromatic rings. The van der Waals surface area contributed by atoms with Crippen LogP contribution in [0.1, 0.15) is 18.2 Å². The Bertz CT molecular complexity index is 1100. The molecule has 0 spiro atoms. The summed E-state index contributed by atoms with van der Waals surface area (Å²) in [6.07, 6.45) is 4.50. The molecule has 0 aliphatic rings. The average Bonchev–Trinajstić information content (AvgIpc) is 3.17. The highest BCUT2D eigenvalue weighted by Gasteiger charge is 2.08. The van der Waals surface area contributed by atoms with Gasteiger partial charge >= 0.3 is 0 Å². The summed E-state index contributed by atoms with van der Waals surface area (Å²) in [5.41, 5.74) is 3.35. The van der Waals surface area contributed by atoms with Crippen molar-refractivity contribution in [2.24, 2.45) is 0 Å². The SMILES string of the molecule is CCc1cc(NC(=O)Cc2ccc(Oc3ccnc4cccnc34)cc2)n[nH]1. The zero-order valence-electron chi connectivity index (χ0n) is 15.3. The van der Waals surface area contributed by atoms with Gasteiger partial charge in [0.15, 0.2) is 11.6 Å². The molecule has 3 aromatic heterocycles. The Morgan fingerprint density at radius 2 is 1.96 bits per heavy atom. The Labute approximate surface area is 161 Å². The lowest BCUT2D eigenvalue weighted by atomic mass is 10.1. The van der Waals surface area contributed by atoms with Gasteiger partial charge in [-0.3, -0.25) is 19.9 Å². The normalized spacial score (nSPS) is 10.8. The number of pyridine rings is 2. The van der Waals surface area contributed by atoms with Crippen molar-refractivity contribution in [1.29, 1.82) is 0 Å². The first-order valence-electron chi connectivity index (χ1n) is 9.02. The molecule has 0 saturated heterocycles. The number of rotatable bonds is 6. The number of ether oxygens (including phenoxy) is 1. The Morgan fingerprint density at radius 1 is 1.11 bits per heavy atom. The molecule has 0 atom stereocenters. The molecule has 7 heteroatoms. The number of nitrogens with one attached hydrogen (secondary N) is 2. The maximum atomic E-state index is 12.2. The number of carbonyl (C=O) groups is 1. The molecule has 1 aromatic carbocycles. The van der Waals surface area contributed by atoms with Crippen LogP contribution in [0.3, 0.4) is 0 Å². The maximum absolute atomic E-state index is 12.2. The van der Waals surface area contributed by atoms with Gasteiger partial charge in [0.1, 0.15) is 11.3 Å². The molecule has 0 radical (unpaired) electrons. The highest BCUT2D eigenvalue weighted by molar-refractivity contribution is 5.91. The topological polar surface area (TPSA) is 92.8 Å². The fourth-order valence-electron chi connectivity index (χ4n) is 2.82. The molecule has 3 heterocycles. The van der Waals surface area contributed by atoms with Gasteiger partial charge in [-0.05, 0) is 36.2 Å². The van der Waals surface area contributed by atoms with Crippen LogP contribution in [0.4, 0.5) is 5.82 Å². The minimum atomic E-state index is -0.118. The van der Waals surface area contributed by atoms with E-state index in [1.807, 2.05) is 49.4 Å². The Hall–Kier alpha value is -3.74. The van der Waals surface area contributed by atoms with Crippen molar-refractivity contribution in [3.05, 3.63) is 72.2 Å². The lowest BCUT2D eigenvalue weighted by molar-refractivity contribution is -0.115. The second kappa shape index (κ2) is 7.87. The van der Waals surface area contributed by atoms with Crippen molar-refractivity contribution in [2.75, 3.05) is 5.32 Å². The van der Waals surface area contributed by atoms with E-state index in [0.717, 1.165) is 23.2 Å². The van der Waals surface area contributed by atoms with Crippen molar-refractivity contribution in [1.82, 2.24) is 20.2 Å². The van der Waals surface area contributed by atoms with Crippen molar-refractivity contribution in [3.8, 4) is 11.5 Å². The van der Waals surface area contributed by atoms with Crippen LogP contribution in [0.2, 0.25) is 0 Å². The predicted octanol–water partition coefficient (Wildman–Crippen LogP) is 3.89. The Balaban J connectivity index is 1.41. The lowest BCUT2D eigenvalue weighted by Crippen LogP contribution is -2.14. The van der Waals surface area contributed by atoms with E-state index in [2.05, 4.69) is 25.5 Å². The number of nitrogens with zero attached hydrogens (tertiary/aromatic N) is 3.